The Balaban J connectivity index is 1.85. The quantitative estimate of drug-likeness (QED) is 0.430. The lowest BCUT2D eigenvalue weighted by atomic mass is 10.1. The molecule has 0 amide bonds. The number of carbonyl (C=O) groups is 2. The van der Waals surface area contributed by atoms with Crippen LogP contribution in [0.4, 0.5) is 0 Å². The number of aryl methyl sites for hydroxylation is 1. The van der Waals surface area contributed by atoms with Crippen LogP contribution in [0.5, 0.6) is 0 Å². The van der Waals surface area contributed by atoms with Crippen LogP contribution in [0.15, 0.2) is 30.3 Å². The molecule has 2 rings (SSSR count). The van der Waals surface area contributed by atoms with E-state index in [0.717, 1.165) is 49.6 Å². The number of benzene rings is 1. The van der Waals surface area contributed by atoms with Crippen LogP contribution >= 0.6 is 0 Å². The minimum absolute atomic E-state index is 0.106. The molecule has 0 saturated heterocycles. The third-order valence-corrected chi connectivity index (χ3v) is 4.36. The molecule has 1 aromatic heterocycles. The largest absolute Gasteiger partial charge is 0.466 e. The SMILES string of the molecule is CCOC(=O)CCCCCCCn1c(C(=O)OCC)cc2ccccc21. The predicted molar refractivity (Wildman–Crippen MR) is 102 cm³/mol. The Morgan fingerprint density at radius 2 is 1.62 bits per heavy atom. The molecule has 0 atom stereocenters. The molecule has 0 aliphatic heterocycles. The minimum Gasteiger partial charge on any atom is -0.466 e. The van der Waals surface area contributed by atoms with Gasteiger partial charge in [-0.15, -0.1) is 0 Å². The van der Waals surface area contributed by atoms with Crippen molar-refractivity contribution in [3.63, 3.8) is 0 Å². The van der Waals surface area contributed by atoms with E-state index >= 15 is 0 Å². The van der Waals surface area contributed by atoms with Gasteiger partial charge in [0.15, 0.2) is 0 Å². The maximum absolute atomic E-state index is 12.2. The van der Waals surface area contributed by atoms with E-state index in [1.165, 1.54) is 0 Å². The Kier molecular flexibility index (Phi) is 8.19. The first-order valence-corrected chi connectivity index (χ1v) is 9.58. The van der Waals surface area contributed by atoms with Crippen molar-refractivity contribution >= 4 is 22.8 Å². The molecular weight excluding hydrogens is 330 g/mol. The number of ether oxygens (including phenoxy) is 2. The molecule has 1 aromatic carbocycles. The fourth-order valence-corrected chi connectivity index (χ4v) is 3.13. The summed E-state index contributed by atoms with van der Waals surface area (Å²) in [6.45, 7) is 5.27. The van der Waals surface area contributed by atoms with Gasteiger partial charge in [-0.3, -0.25) is 4.79 Å². The second kappa shape index (κ2) is 10.6. The highest BCUT2D eigenvalue weighted by atomic mass is 16.5. The van der Waals surface area contributed by atoms with Crippen molar-refractivity contribution in [1.29, 1.82) is 0 Å². The van der Waals surface area contributed by atoms with Gasteiger partial charge in [0.25, 0.3) is 0 Å². The summed E-state index contributed by atoms with van der Waals surface area (Å²) >= 11 is 0. The molecule has 0 spiro atoms. The Hall–Kier alpha value is -2.30. The van der Waals surface area contributed by atoms with Gasteiger partial charge in [0.05, 0.1) is 13.2 Å². The molecular formula is C21H29NO4. The lowest BCUT2D eigenvalue weighted by Crippen LogP contribution is -2.12. The van der Waals surface area contributed by atoms with Crippen molar-refractivity contribution in [1.82, 2.24) is 4.57 Å². The monoisotopic (exact) mass is 359 g/mol. The Bertz CT molecular complexity index is 720. The fraction of sp³-hybridized carbons (Fsp3) is 0.524. The summed E-state index contributed by atoms with van der Waals surface area (Å²) in [4.78, 5) is 23.5. The highest BCUT2D eigenvalue weighted by Crippen LogP contribution is 2.21. The summed E-state index contributed by atoms with van der Waals surface area (Å²) in [7, 11) is 0. The topological polar surface area (TPSA) is 57.5 Å². The van der Waals surface area contributed by atoms with Crippen molar-refractivity contribution in [2.24, 2.45) is 0 Å². The summed E-state index contributed by atoms with van der Waals surface area (Å²) in [5.41, 5.74) is 1.69. The number of nitrogens with zero attached hydrogens (tertiary/aromatic N) is 1. The van der Waals surface area contributed by atoms with Crippen LogP contribution in [0.25, 0.3) is 10.9 Å². The molecule has 0 aliphatic rings. The van der Waals surface area contributed by atoms with E-state index in [2.05, 4.69) is 4.57 Å². The zero-order valence-corrected chi connectivity index (χ0v) is 15.8. The number of para-hydroxylation sites is 1. The van der Waals surface area contributed by atoms with Crippen LogP contribution in [0.1, 0.15) is 62.9 Å². The van der Waals surface area contributed by atoms with Crippen LogP contribution < -0.4 is 0 Å². The number of unbranched alkanes of at least 4 members (excludes halogenated alkanes) is 4. The Morgan fingerprint density at radius 1 is 0.923 bits per heavy atom. The lowest BCUT2D eigenvalue weighted by Gasteiger charge is -2.10. The van der Waals surface area contributed by atoms with Crippen molar-refractivity contribution < 1.29 is 19.1 Å². The van der Waals surface area contributed by atoms with Gasteiger partial charge in [-0.2, -0.15) is 0 Å². The third kappa shape index (κ3) is 5.61. The van der Waals surface area contributed by atoms with Crippen molar-refractivity contribution in [3.8, 4) is 0 Å². The number of aromatic nitrogens is 1. The van der Waals surface area contributed by atoms with E-state index in [0.29, 0.717) is 25.3 Å². The number of esters is 2. The van der Waals surface area contributed by atoms with E-state index < -0.39 is 0 Å². The summed E-state index contributed by atoms with van der Waals surface area (Å²) in [5.74, 6) is -0.372. The van der Waals surface area contributed by atoms with Crippen LogP contribution in [-0.2, 0) is 20.8 Å². The molecule has 26 heavy (non-hydrogen) atoms. The highest BCUT2D eigenvalue weighted by molar-refractivity contribution is 5.95. The smallest absolute Gasteiger partial charge is 0.354 e. The van der Waals surface area contributed by atoms with Crippen LogP contribution in [0.3, 0.4) is 0 Å². The third-order valence-electron chi connectivity index (χ3n) is 4.36. The first-order valence-electron chi connectivity index (χ1n) is 9.58. The van der Waals surface area contributed by atoms with E-state index in [1.807, 2.05) is 44.2 Å². The van der Waals surface area contributed by atoms with Crippen LogP contribution in [0.2, 0.25) is 0 Å². The molecule has 5 heteroatoms. The summed E-state index contributed by atoms with van der Waals surface area (Å²) in [5, 5.41) is 1.06. The predicted octanol–water partition coefficient (Wildman–Crippen LogP) is 4.72. The highest BCUT2D eigenvalue weighted by Gasteiger charge is 2.16. The maximum atomic E-state index is 12.2. The maximum Gasteiger partial charge on any atom is 0.354 e. The number of carbonyl (C=O) groups excluding carboxylic acids is 2. The molecule has 0 unspecified atom stereocenters. The Labute approximate surface area is 155 Å². The lowest BCUT2D eigenvalue weighted by molar-refractivity contribution is -0.143. The van der Waals surface area contributed by atoms with E-state index in [1.54, 1.807) is 0 Å². The van der Waals surface area contributed by atoms with E-state index in [9.17, 15) is 9.59 Å². The molecule has 0 aliphatic carbocycles. The van der Waals surface area contributed by atoms with Gasteiger partial charge >= 0.3 is 11.9 Å². The summed E-state index contributed by atoms with van der Waals surface area (Å²) in [6.07, 6.45) is 5.54. The average Bonchev–Trinajstić information content (AvgIpc) is 3.00. The zero-order chi connectivity index (χ0) is 18.8. The molecule has 0 fully saturated rings. The second-order valence-corrected chi connectivity index (χ2v) is 6.28. The molecule has 0 N–H and O–H groups in total. The molecule has 1 heterocycles. The van der Waals surface area contributed by atoms with Crippen molar-refractivity contribution in [3.05, 3.63) is 36.0 Å². The molecule has 0 saturated carbocycles. The zero-order valence-electron chi connectivity index (χ0n) is 15.8. The number of hydrogen-bond acceptors (Lipinski definition) is 4. The molecule has 0 radical (unpaired) electrons. The number of fused-ring (bicyclic) bond motifs is 1. The molecule has 0 bridgehead atoms. The van der Waals surface area contributed by atoms with Gasteiger partial charge in [-0.05, 0) is 38.8 Å². The van der Waals surface area contributed by atoms with Crippen molar-refractivity contribution in [2.75, 3.05) is 13.2 Å². The van der Waals surface area contributed by atoms with Gasteiger partial charge in [0.2, 0.25) is 0 Å². The second-order valence-electron chi connectivity index (χ2n) is 6.28. The molecule has 142 valence electrons. The van der Waals surface area contributed by atoms with E-state index in [-0.39, 0.29) is 11.9 Å². The first-order chi connectivity index (χ1) is 12.7. The number of hydrogen-bond donors (Lipinski definition) is 0. The summed E-state index contributed by atoms with van der Waals surface area (Å²) < 4.78 is 12.2. The normalized spacial score (nSPS) is 10.8. The van der Waals surface area contributed by atoms with E-state index in [4.69, 9.17) is 9.47 Å². The van der Waals surface area contributed by atoms with Gasteiger partial charge in [0.1, 0.15) is 5.69 Å². The van der Waals surface area contributed by atoms with Crippen LogP contribution in [0, 0.1) is 0 Å². The first kappa shape index (κ1) is 20.0. The van der Waals surface area contributed by atoms with Gasteiger partial charge in [-0.25, -0.2) is 4.79 Å². The summed E-state index contributed by atoms with van der Waals surface area (Å²) in [6, 6.07) is 9.93. The van der Waals surface area contributed by atoms with Gasteiger partial charge in [0, 0.05) is 23.9 Å². The van der Waals surface area contributed by atoms with Gasteiger partial charge < -0.3 is 14.0 Å². The fourth-order valence-electron chi connectivity index (χ4n) is 3.13. The Morgan fingerprint density at radius 3 is 2.38 bits per heavy atom. The minimum atomic E-state index is -0.266. The van der Waals surface area contributed by atoms with Crippen molar-refractivity contribution in [2.45, 2.75) is 58.9 Å². The molecule has 5 nitrogen and oxygen atoms in total. The molecule has 2 aromatic rings. The number of rotatable bonds is 11. The average molecular weight is 359 g/mol. The standard InChI is InChI=1S/C21H29NO4/c1-3-25-20(23)14-8-6-5-7-11-15-22-18-13-10-9-12-17(18)16-19(22)21(24)26-4-2/h9-10,12-13,16H,3-8,11,14-15H2,1-2H3. The van der Waals surface area contributed by atoms with Crippen LogP contribution in [-0.4, -0.2) is 29.7 Å². The van der Waals surface area contributed by atoms with Gasteiger partial charge in [-0.1, -0.05) is 37.5 Å².